The van der Waals surface area contributed by atoms with Gasteiger partial charge in [-0.3, -0.25) is 0 Å². The lowest BCUT2D eigenvalue weighted by atomic mass is 9.95. The van der Waals surface area contributed by atoms with E-state index in [1.165, 1.54) is 12.8 Å². The summed E-state index contributed by atoms with van der Waals surface area (Å²) >= 11 is 0. The predicted octanol–water partition coefficient (Wildman–Crippen LogP) is 3.07. The maximum Gasteiger partial charge on any atom is 0.129 e. The van der Waals surface area contributed by atoms with Crippen LogP contribution in [0, 0.1) is 17.4 Å². The molecule has 1 fully saturated rings. The van der Waals surface area contributed by atoms with Crippen LogP contribution in [0.2, 0.25) is 19.6 Å². The second-order valence-corrected chi connectivity index (χ2v) is 10.0. The molecule has 0 N–H and O–H groups in total. The van der Waals surface area contributed by atoms with Crippen molar-refractivity contribution < 1.29 is 4.74 Å². The number of hydrogen-bond donors (Lipinski definition) is 0. The van der Waals surface area contributed by atoms with Gasteiger partial charge in [0.15, 0.2) is 0 Å². The maximum absolute atomic E-state index is 5.45. The van der Waals surface area contributed by atoms with Gasteiger partial charge in [0.05, 0.1) is 12.7 Å². The summed E-state index contributed by atoms with van der Waals surface area (Å²) in [4.78, 5) is 0. The van der Waals surface area contributed by atoms with Crippen molar-refractivity contribution in [2.24, 2.45) is 5.92 Å². The Bertz CT molecular complexity index is 231. The lowest BCUT2D eigenvalue weighted by Gasteiger charge is -2.34. The van der Waals surface area contributed by atoms with Gasteiger partial charge in [-0.2, -0.15) is 0 Å². The normalized spacial score (nSPS) is 26.3. The van der Waals surface area contributed by atoms with Gasteiger partial charge in [0.25, 0.3) is 0 Å². The van der Waals surface area contributed by atoms with Gasteiger partial charge >= 0.3 is 0 Å². The van der Waals surface area contributed by atoms with Crippen LogP contribution in [0.1, 0.15) is 26.2 Å². The fourth-order valence-electron chi connectivity index (χ4n) is 1.51. The van der Waals surface area contributed by atoms with Crippen LogP contribution in [0.15, 0.2) is 0 Å². The van der Waals surface area contributed by atoms with E-state index < -0.39 is 8.07 Å². The van der Waals surface area contributed by atoms with Crippen LogP contribution in [-0.4, -0.2) is 20.8 Å². The SMILES string of the molecule is C[C@@H]1CO[C@@H]1CCCC#C[Si](C)(C)C. The number of ether oxygens (including phenoxy) is 1. The molecule has 1 rings (SSSR count). The minimum absolute atomic E-state index is 0.531. The van der Waals surface area contributed by atoms with Crippen molar-refractivity contribution in [1.29, 1.82) is 0 Å². The molecular formula is C12H22OSi. The molecule has 1 aliphatic rings. The van der Waals surface area contributed by atoms with E-state index in [1.807, 2.05) is 0 Å². The second-order valence-electron chi connectivity index (χ2n) is 5.29. The summed E-state index contributed by atoms with van der Waals surface area (Å²) < 4.78 is 5.45. The van der Waals surface area contributed by atoms with Crippen molar-refractivity contribution in [1.82, 2.24) is 0 Å². The lowest BCUT2D eigenvalue weighted by Crippen LogP contribution is -2.37. The summed E-state index contributed by atoms with van der Waals surface area (Å²) in [6, 6.07) is 0. The van der Waals surface area contributed by atoms with E-state index in [0.717, 1.165) is 18.9 Å². The first-order valence-corrected chi connectivity index (χ1v) is 9.11. The van der Waals surface area contributed by atoms with Gasteiger partial charge in [-0.1, -0.05) is 26.6 Å². The van der Waals surface area contributed by atoms with E-state index in [0.29, 0.717) is 6.10 Å². The molecular weight excluding hydrogens is 188 g/mol. The summed E-state index contributed by atoms with van der Waals surface area (Å²) in [6.07, 6.45) is 3.98. The highest BCUT2D eigenvalue weighted by Crippen LogP contribution is 2.23. The Balaban J connectivity index is 2.06. The molecule has 0 saturated carbocycles. The minimum atomic E-state index is -1.13. The third-order valence-corrected chi connectivity index (χ3v) is 3.39. The number of unbranched alkanes of at least 4 members (excludes halogenated alkanes) is 1. The molecule has 1 heterocycles. The average molecular weight is 210 g/mol. The van der Waals surface area contributed by atoms with Crippen LogP contribution in [0.5, 0.6) is 0 Å². The predicted molar refractivity (Wildman–Crippen MR) is 63.9 cm³/mol. The molecule has 2 atom stereocenters. The maximum atomic E-state index is 5.45. The van der Waals surface area contributed by atoms with Crippen LogP contribution in [0.4, 0.5) is 0 Å². The molecule has 80 valence electrons. The van der Waals surface area contributed by atoms with Gasteiger partial charge in [-0.05, 0) is 12.8 Å². The molecule has 0 aliphatic carbocycles. The molecule has 0 unspecified atom stereocenters. The fourth-order valence-corrected chi connectivity index (χ4v) is 2.17. The van der Waals surface area contributed by atoms with E-state index in [9.17, 15) is 0 Å². The zero-order valence-corrected chi connectivity index (χ0v) is 10.9. The second kappa shape index (κ2) is 5.00. The number of rotatable bonds is 3. The van der Waals surface area contributed by atoms with E-state index in [2.05, 4.69) is 38.0 Å². The van der Waals surface area contributed by atoms with Crippen LogP contribution < -0.4 is 0 Å². The molecule has 0 aromatic heterocycles. The van der Waals surface area contributed by atoms with Crippen molar-refractivity contribution in [2.75, 3.05) is 6.61 Å². The molecule has 0 amide bonds. The van der Waals surface area contributed by atoms with Gasteiger partial charge in [0.1, 0.15) is 8.07 Å². The summed E-state index contributed by atoms with van der Waals surface area (Å²) in [5, 5.41) is 0. The standard InChI is InChI=1S/C12H22OSi/c1-11-10-13-12(11)8-6-5-7-9-14(2,3)4/h11-12H,5-6,8,10H2,1-4H3/t11-,12-/m1/s1. The van der Waals surface area contributed by atoms with E-state index in [-0.39, 0.29) is 0 Å². The van der Waals surface area contributed by atoms with Crippen molar-refractivity contribution in [2.45, 2.75) is 51.9 Å². The molecule has 14 heavy (non-hydrogen) atoms. The zero-order valence-electron chi connectivity index (χ0n) is 9.89. The van der Waals surface area contributed by atoms with Gasteiger partial charge < -0.3 is 4.74 Å². The van der Waals surface area contributed by atoms with Crippen LogP contribution in [0.3, 0.4) is 0 Å². The Morgan fingerprint density at radius 3 is 2.50 bits per heavy atom. The Labute approximate surface area is 89.2 Å². The summed E-state index contributed by atoms with van der Waals surface area (Å²) in [5.41, 5.74) is 3.39. The highest BCUT2D eigenvalue weighted by molar-refractivity contribution is 6.83. The van der Waals surface area contributed by atoms with E-state index in [1.54, 1.807) is 0 Å². The summed E-state index contributed by atoms with van der Waals surface area (Å²) in [7, 11) is -1.13. The molecule has 0 bridgehead atoms. The Morgan fingerprint density at radius 1 is 1.36 bits per heavy atom. The monoisotopic (exact) mass is 210 g/mol. The smallest absolute Gasteiger partial charge is 0.129 e. The topological polar surface area (TPSA) is 9.23 Å². The Morgan fingerprint density at radius 2 is 2.07 bits per heavy atom. The molecule has 0 radical (unpaired) electrons. The van der Waals surface area contributed by atoms with Gasteiger partial charge in [-0.15, -0.1) is 11.5 Å². The Kier molecular flexibility index (Phi) is 4.22. The minimum Gasteiger partial charge on any atom is -0.377 e. The quantitative estimate of drug-likeness (QED) is 0.395. The van der Waals surface area contributed by atoms with E-state index >= 15 is 0 Å². The Hall–Kier alpha value is -0.263. The first kappa shape index (κ1) is 11.8. The third kappa shape index (κ3) is 4.30. The largest absolute Gasteiger partial charge is 0.377 e. The van der Waals surface area contributed by atoms with Gasteiger partial charge in [0, 0.05) is 12.3 Å². The van der Waals surface area contributed by atoms with Crippen molar-refractivity contribution in [3.63, 3.8) is 0 Å². The molecule has 0 aromatic carbocycles. The molecule has 1 nitrogen and oxygen atoms in total. The molecule has 2 heteroatoms. The lowest BCUT2D eigenvalue weighted by molar-refractivity contribution is -0.110. The average Bonchev–Trinajstić information content (AvgIpc) is 2.06. The van der Waals surface area contributed by atoms with Crippen LogP contribution in [-0.2, 0) is 4.74 Å². The first-order valence-electron chi connectivity index (χ1n) is 5.61. The fraction of sp³-hybridized carbons (Fsp3) is 0.833. The number of hydrogen-bond acceptors (Lipinski definition) is 1. The van der Waals surface area contributed by atoms with E-state index in [4.69, 9.17) is 4.74 Å². The third-order valence-electron chi connectivity index (χ3n) is 2.46. The van der Waals surface area contributed by atoms with Crippen molar-refractivity contribution >= 4 is 8.07 Å². The highest BCUT2D eigenvalue weighted by atomic mass is 28.3. The highest BCUT2D eigenvalue weighted by Gasteiger charge is 2.26. The zero-order chi connectivity index (χ0) is 10.6. The van der Waals surface area contributed by atoms with Crippen molar-refractivity contribution in [3.05, 3.63) is 0 Å². The van der Waals surface area contributed by atoms with Crippen LogP contribution >= 0.6 is 0 Å². The summed E-state index contributed by atoms with van der Waals surface area (Å²) in [5.74, 6) is 4.08. The molecule has 1 aliphatic heterocycles. The van der Waals surface area contributed by atoms with Crippen molar-refractivity contribution in [3.8, 4) is 11.5 Å². The van der Waals surface area contributed by atoms with Gasteiger partial charge in [0.2, 0.25) is 0 Å². The van der Waals surface area contributed by atoms with Gasteiger partial charge in [-0.25, -0.2) is 0 Å². The van der Waals surface area contributed by atoms with Crippen LogP contribution in [0.25, 0.3) is 0 Å². The molecule has 0 spiro atoms. The molecule has 1 saturated heterocycles. The summed E-state index contributed by atoms with van der Waals surface area (Å²) in [6.45, 7) is 10.1. The molecule has 0 aromatic rings. The first-order chi connectivity index (χ1) is 6.49.